The maximum absolute atomic E-state index is 13.9. The average molecular weight is 1250 g/mol. The number of hydrogen-bond donors (Lipinski definition) is 6. The third kappa shape index (κ3) is 11.7. The topological polar surface area (TPSA) is 217 Å². The normalized spacial score (nSPS) is 50.4. The van der Waals surface area contributed by atoms with E-state index in [0.717, 1.165) is 141 Å². The molecule has 0 aromatic carbocycles. The molecular formula is C74H121NO12S. The maximum Gasteiger partial charge on any atom is 0.306 e. The van der Waals surface area contributed by atoms with Gasteiger partial charge in [-0.25, -0.2) is 0 Å². The first-order valence-corrected chi connectivity index (χ1v) is 38.4. The van der Waals surface area contributed by atoms with Crippen LogP contribution in [0.15, 0.2) is 0 Å². The monoisotopic (exact) mass is 1250 g/mol. The first-order valence-electron chi connectivity index (χ1n) is 36.8. The number of amides is 1. The fraction of sp³-hybridized carbons (Fsp3) is 0.959. The van der Waals surface area contributed by atoms with E-state index in [1.165, 1.54) is 32.1 Å². The van der Waals surface area contributed by atoms with E-state index in [9.17, 15) is 43.2 Å². The van der Waals surface area contributed by atoms with Crippen LogP contribution in [-0.4, -0.2) is 100 Å². The third-order valence-corrected chi connectivity index (χ3v) is 32.6. The summed E-state index contributed by atoms with van der Waals surface area (Å²) in [6.45, 7) is 21.9. The second-order valence-corrected chi connectivity index (χ2v) is 37.0. The standard InChI is InChI=1S/C74H121NO12S/c1-42(10-19-63(80)75-34-35-88(83,84)85)51-13-16-55-67-58(26-32-72(51,55)7)70(5)29-23-49(37-46(70)40-61(67)78)86-65(82)21-12-44(3)53-15-18-56-68-59(27-33-74(53,56)9)71(6)30-24-50(38-47(71)41-62(68)79)87-64(81)20-11-43(2)52-14-17-54-66-57(25-31-73(52,54)8)69(4)28-22-48(76)36-45(69)39-60(66)77/h42-62,66-68,76-79H,10-41H2,1-9H3,(H,75,80)(H,83,84,85)/t42-,43-,44-,45?,46?,47?,48-,49-,50-,51-,52-,53-,54?,55?,56?,57+,58+,59+,60+,61+,62+,66+,67?,68?,69+,70+,71+,72-,73-,74-/m1/s1. The summed E-state index contributed by atoms with van der Waals surface area (Å²) < 4.78 is 44.1. The first kappa shape index (κ1) is 66.2. The fourth-order valence-electron chi connectivity index (χ4n) is 27.3. The largest absolute Gasteiger partial charge is 0.462 e. The van der Waals surface area contributed by atoms with Crippen LogP contribution >= 0.6 is 0 Å². The molecule has 0 spiro atoms. The van der Waals surface area contributed by atoms with Gasteiger partial charge in [-0.1, -0.05) is 62.3 Å². The van der Waals surface area contributed by atoms with E-state index in [-0.39, 0.29) is 105 Å². The van der Waals surface area contributed by atoms with Gasteiger partial charge in [0, 0.05) is 25.8 Å². The Hall–Kier alpha value is -1.84. The quantitative estimate of drug-likeness (QED) is 0.0592. The molecule has 6 N–H and O–H groups in total. The highest BCUT2D eigenvalue weighted by Gasteiger charge is 2.67. The molecule has 0 heterocycles. The number of ether oxygens (including phenoxy) is 2. The second kappa shape index (κ2) is 24.7. The zero-order valence-corrected chi connectivity index (χ0v) is 56.8. The third-order valence-electron chi connectivity index (χ3n) is 31.9. The summed E-state index contributed by atoms with van der Waals surface area (Å²) in [6.07, 6.45) is 26.7. The minimum Gasteiger partial charge on any atom is -0.462 e. The molecule has 14 heteroatoms. The van der Waals surface area contributed by atoms with Crippen LogP contribution in [-0.2, 0) is 34.0 Å². The van der Waals surface area contributed by atoms with E-state index < -0.39 is 15.9 Å². The number of esters is 2. The van der Waals surface area contributed by atoms with E-state index >= 15 is 0 Å². The van der Waals surface area contributed by atoms with Crippen molar-refractivity contribution in [2.45, 2.75) is 292 Å². The van der Waals surface area contributed by atoms with E-state index in [2.05, 4.69) is 67.6 Å². The highest BCUT2D eigenvalue weighted by Crippen LogP contribution is 2.72. The van der Waals surface area contributed by atoms with Crippen molar-refractivity contribution in [2.24, 2.45) is 139 Å². The van der Waals surface area contributed by atoms with Gasteiger partial charge in [-0.05, 0) is 312 Å². The zero-order chi connectivity index (χ0) is 62.8. The summed E-state index contributed by atoms with van der Waals surface area (Å²) in [4.78, 5) is 40.3. The summed E-state index contributed by atoms with van der Waals surface area (Å²) in [7, 11) is -4.12. The Morgan fingerprint density at radius 2 is 0.773 bits per heavy atom. The smallest absolute Gasteiger partial charge is 0.306 e. The average Bonchev–Trinajstić information content (AvgIpc) is 1.32. The van der Waals surface area contributed by atoms with E-state index in [1.807, 2.05) is 0 Å². The van der Waals surface area contributed by atoms with Crippen molar-refractivity contribution in [2.75, 3.05) is 12.3 Å². The number of aliphatic hydroxyl groups excluding tert-OH is 4. The molecule has 0 aromatic heterocycles. The molecule has 88 heavy (non-hydrogen) atoms. The predicted octanol–water partition coefficient (Wildman–Crippen LogP) is 13.3. The lowest BCUT2D eigenvalue weighted by atomic mass is 9.43. The molecule has 12 saturated carbocycles. The lowest BCUT2D eigenvalue weighted by Gasteiger charge is -2.62. The first-order chi connectivity index (χ1) is 41.5. The highest BCUT2D eigenvalue weighted by atomic mass is 32.2. The van der Waals surface area contributed by atoms with Crippen molar-refractivity contribution in [3.05, 3.63) is 0 Å². The lowest BCUT2D eigenvalue weighted by Crippen LogP contribution is -2.59. The van der Waals surface area contributed by atoms with Crippen molar-refractivity contribution >= 4 is 28.0 Å². The van der Waals surface area contributed by atoms with E-state index in [0.29, 0.717) is 114 Å². The summed E-state index contributed by atoms with van der Waals surface area (Å²) >= 11 is 0. The van der Waals surface area contributed by atoms with Crippen molar-refractivity contribution in [3.63, 3.8) is 0 Å². The van der Waals surface area contributed by atoms with Gasteiger partial charge in [-0.2, -0.15) is 8.42 Å². The Bertz CT molecular complexity index is 2650. The number of carbonyl (C=O) groups excluding carboxylic acids is 3. The Morgan fingerprint density at radius 3 is 1.15 bits per heavy atom. The van der Waals surface area contributed by atoms with Crippen LogP contribution in [0, 0.1) is 139 Å². The Labute approximate surface area is 530 Å². The molecule has 12 aliphatic rings. The number of nitrogens with one attached hydrogen (secondary N) is 1. The van der Waals surface area contributed by atoms with Gasteiger partial charge in [-0.15, -0.1) is 0 Å². The molecule has 0 bridgehead atoms. The van der Waals surface area contributed by atoms with Crippen molar-refractivity contribution in [1.29, 1.82) is 0 Å². The molecule has 12 aliphatic carbocycles. The van der Waals surface area contributed by atoms with Crippen LogP contribution in [0.4, 0.5) is 0 Å². The van der Waals surface area contributed by atoms with Gasteiger partial charge in [0.05, 0.1) is 30.2 Å². The summed E-state index contributed by atoms with van der Waals surface area (Å²) in [5, 5.41) is 49.4. The predicted molar refractivity (Wildman–Crippen MR) is 340 cm³/mol. The SMILES string of the molecule is C[C@H](CCC(=O)NCCS(=O)(=O)O)[C@H]1CCC2C3[C@@H](O)CC4C[C@H](OC(=O)CC[C@@H](C)[C@H]5CCC6C7[C@@H](O)CC8C[C@H](OC(=O)CC[C@@H](C)[C@H]9CCC%10[C@@H]%11[C@@H](O)CC%12C[C@H](O)CC[C@]%12(C)[C@H]%11CC[C@@]%109C)CC[C@]8(C)[C@H]7CC[C@@]65C)CC[C@]4(C)[C@H]3CC[C@@]21C. The number of hydrogen-bond acceptors (Lipinski definition) is 11. The van der Waals surface area contributed by atoms with Gasteiger partial charge in [0.15, 0.2) is 0 Å². The van der Waals surface area contributed by atoms with Crippen LogP contribution in [0.5, 0.6) is 0 Å². The maximum atomic E-state index is 13.9. The molecule has 13 nitrogen and oxygen atoms in total. The molecule has 0 aliphatic heterocycles. The molecule has 0 aromatic rings. The molecule has 8 unspecified atom stereocenters. The number of fused-ring (bicyclic) bond motifs is 15. The molecule has 1 amide bonds. The van der Waals surface area contributed by atoms with Gasteiger partial charge in [0.2, 0.25) is 5.91 Å². The minimum absolute atomic E-state index is 0.0486. The summed E-state index contributed by atoms with van der Waals surface area (Å²) in [5.74, 6) is 6.71. The van der Waals surface area contributed by atoms with Crippen molar-refractivity contribution < 1.29 is 57.3 Å². The molecule has 0 radical (unpaired) electrons. The fourth-order valence-corrected chi connectivity index (χ4v) is 27.6. The van der Waals surface area contributed by atoms with Crippen molar-refractivity contribution in [1.82, 2.24) is 5.32 Å². The van der Waals surface area contributed by atoms with E-state index in [1.54, 1.807) is 0 Å². The van der Waals surface area contributed by atoms with Crippen LogP contribution in [0.2, 0.25) is 0 Å². The Kier molecular flexibility index (Phi) is 18.6. The molecular weight excluding hydrogens is 1130 g/mol. The Morgan fingerprint density at radius 1 is 0.443 bits per heavy atom. The number of carbonyl (C=O) groups is 3. The zero-order valence-electron chi connectivity index (χ0n) is 56.0. The molecule has 12 rings (SSSR count). The molecule has 500 valence electrons. The minimum atomic E-state index is -4.12. The highest BCUT2D eigenvalue weighted by molar-refractivity contribution is 7.85. The van der Waals surface area contributed by atoms with E-state index in [4.69, 9.17) is 14.0 Å². The Balaban J connectivity index is 0.581. The van der Waals surface area contributed by atoms with Crippen LogP contribution in [0.1, 0.15) is 255 Å². The van der Waals surface area contributed by atoms with Gasteiger partial charge in [0.1, 0.15) is 12.2 Å². The van der Waals surface area contributed by atoms with Gasteiger partial charge in [0.25, 0.3) is 10.1 Å². The lowest BCUT2D eigenvalue weighted by molar-refractivity contribution is -0.183. The van der Waals surface area contributed by atoms with Crippen LogP contribution in [0.25, 0.3) is 0 Å². The van der Waals surface area contributed by atoms with Gasteiger partial charge >= 0.3 is 11.9 Å². The van der Waals surface area contributed by atoms with Crippen LogP contribution in [0.3, 0.4) is 0 Å². The second-order valence-electron chi connectivity index (χ2n) is 35.5. The summed E-state index contributed by atoms with van der Waals surface area (Å²) in [6, 6.07) is 0. The molecule has 30 atom stereocenters. The molecule has 0 saturated heterocycles. The summed E-state index contributed by atoms with van der Waals surface area (Å²) in [5.41, 5.74) is 0.869. The number of rotatable bonds is 17. The van der Waals surface area contributed by atoms with Gasteiger partial charge in [-0.3, -0.25) is 18.9 Å². The molecule has 12 fully saturated rings. The van der Waals surface area contributed by atoms with Crippen molar-refractivity contribution in [3.8, 4) is 0 Å². The van der Waals surface area contributed by atoms with Crippen LogP contribution < -0.4 is 5.32 Å². The van der Waals surface area contributed by atoms with Gasteiger partial charge < -0.3 is 35.2 Å². The number of aliphatic hydroxyl groups is 4.